The maximum Gasteiger partial charge on any atom is 0.273 e. The summed E-state index contributed by atoms with van der Waals surface area (Å²) in [6, 6.07) is 4.57. The quantitative estimate of drug-likeness (QED) is 0.862. The number of amides is 1. The lowest BCUT2D eigenvalue weighted by Gasteiger charge is -2.43. The molecule has 4 heterocycles. The Kier molecular flexibility index (Phi) is 3.20. The average Bonchev–Trinajstić information content (AvgIpc) is 3.13. The molecule has 2 fully saturated rings. The van der Waals surface area contributed by atoms with Crippen LogP contribution >= 0.6 is 11.3 Å². The summed E-state index contributed by atoms with van der Waals surface area (Å²) in [6.45, 7) is 3.68. The van der Waals surface area contributed by atoms with Crippen molar-refractivity contribution in [3.63, 3.8) is 0 Å². The Hall–Kier alpha value is -1.79. The number of thiazole rings is 1. The highest BCUT2D eigenvalue weighted by Crippen LogP contribution is 2.34. The van der Waals surface area contributed by atoms with Crippen LogP contribution in [-0.4, -0.2) is 51.4 Å². The molecular weight excluding hydrogens is 284 g/mol. The summed E-state index contributed by atoms with van der Waals surface area (Å²) < 4.78 is 0. The van der Waals surface area contributed by atoms with E-state index in [-0.39, 0.29) is 5.91 Å². The Morgan fingerprint density at radius 2 is 2.33 bits per heavy atom. The fourth-order valence-electron chi connectivity index (χ4n) is 3.30. The first kappa shape index (κ1) is 12.9. The van der Waals surface area contributed by atoms with Crippen molar-refractivity contribution in [2.24, 2.45) is 5.92 Å². The number of likely N-dealkylation sites (tertiary alicyclic amines) is 2. The Bertz CT molecular complexity index is 630. The zero-order valence-electron chi connectivity index (χ0n) is 11.6. The van der Waals surface area contributed by atoms with Gasteiger partial charge in [0.2, 0.25) is 0 Å². The molecule has 0 aliphatic carbocycles. The second kappa shape index (κ2) is 5.20. The van der Waals surface area contributed by atoms with Gasteiger partial charge in [-0.25, -0.2) is 4.98 Å². The zero-order valence-corrected chi connectivity index (χ0v) is 12.4. The predicted molar refractivity (Wildman–Crippen MR) is 79.9 cm³/mol. The Morgan fingerprint density at radius 3 is 3.10 bits per heavy atom. The molecule has 2 aliphatic heterocycles. The van der Waals surface area contributed by atoms with Crippen LogP contribution in [0.15, 0.2) is 35.4 Å². The van der Waals surface area contributed by atoms with Gasteiger partial charge in [-0.1, -0.05) is 6.07 Å². The SMILES string of the molecule is O=C(c1cscn1)N1C[C@@H]2CN(Cc3cccnc3)[C@@H]2C1. The molecule has 6 heteroatoms. The molecular formula is C15H16N4OS. The second-order valence-corrected chi connectivity index (χ2v) is 6.42. The van der Waals surface area contributed by atoms with E-state index in [0.29, 0.717) is 17.7 Å². The summed E-state index contributed by atoms with van der Waals surface area (Å²) in [5.74, 6) is 0.691. The third-order valence-electron chi connectivity index (χ3n) is 4.39. The summed E-state index contributed by atoms with van der Waals surface area (Å²) in [4.78, 5) is 25.0. The number of rotatable bonds is 3. The van der Waals surface area contributed by atoms with Gasteiger partial charge in [0.1, 0.15) is 5.69 Å². The first-order valence-electron chi connectivity index (χ1n) is 7.11. The average molecular weight is 300 g/mol. The highest BCUT2D eigenvalue weighted by Gasteiger charge is 2.46. The van der Waals surface area contributed by atoms with E-state index in [4.69, 9.17) is 0 Å². The van der Waals surface area contributed by atoms with Crippen molar-refractivity contribution in [2.45, 2.75) is 12.6 Å². The lowest BCUT2D eigenvalue weighted by molar-refractivity contribution is 0.0432. The first-order valence-corrected chi connectivity index (χ1v) is 8.06. The highest BCUT2D eigenvalue weighted by atomic mass is 32.1. The Labute approximate surface area is 127 Å². The van der Waals surface area contributed by atoms with Crippen LogP contribution in [0.2, 0.25) is 0 Å². The minimum atomic E-state index is 0.0759. The summed E-state index contributed by atoms with van der Waals surface area (Å²) in [7, 11) is 0. The lowest BCUT2D eigenvalue weighted by atomic mass is 9.91. The minimum Gasteiger partial charge on any atom is -0.335 e. The van der Waals surface area contributed by atoms with Gasteiger partial charge < -0.3 is 4.90 Å². The summed E-state index contributed by atoms with van der Waals surface area (Å²) in [5, 5.41) is 1.83. The summed E-state index contributed by atoms with van der Waals surface area (Å²) in [5.41, 5.74) is 3.53. The molecule has 1 amide bonds. The van der Waals surface area contributed by atoms with E-state index >= 15 is 0 Å². The summed E-state index contributed by atoms with van der Waals surface area (Å²) in [6.07, 6.45) is 3.71. The third kappa shape index (κ3) is 2.34. The van der Waals surface area contributed by atoms with Crippen LogP contribution in [0.1, 0.15) is 16.1 Å². The molecule has 5 nitrogen and oxygen atoms in total. The molecule has 0 saturated carbocycles. The number of fused-ring (bicyclic) bond motifs is 1. The number of nitrogens with zero attached hydrogens (tertiary/aromatic N) is 4. The van der Waals surface area contributed by atoms with Crippen molar-refractivity contribution >= 4 is 17.2 Å². The number of pyridine rings is 1. The summed E-state index contributed by atoms with van der Waals surface area (Å²) >= 11 is 1.47. The molecule has 108 valence electrons. The van der Waals surface area contributed by atoms with E-state index in [2.05, 4.69) is 20.9 Å². The van der Waals surface area contributed by atoms with Crippen molar-refractivity contribution in [3.05, 3.63) is 46.7 Å². The van der Waals surface area contributed by atoms with Crippen LogP contribution in [0.3, 0.4) is 0 Å². The fraction of sp³-hybridized carbons (Fsp3) is 0.400. The highest BCUT2D eigenvalue weighted by molar-refractivity contribution is 7.07. The van der Waals surface area contributed by atoms with Gasteiger partial charge in [0.05, 0.1) is 5.51 Å². The van der Waals surface area contributed by atoms with Gasteiger partial charge in [-0.15, -0.1) is 11.3 Å². The van der Waals surface area contributed by atoms with E-state index < -0.39 is 0 Å². The van der Waals surface area contributed by atoms with Gasteiger partial charge in [0.25, 0.3) is 5.91 Å². The molecule has 2 aromatic rings. The smallest absolute Gasteiger partial charge is 0.273 e. The van der Waals surface area contributed by atoms with E-state index in [0.717, 1.165) is 26.2 Å². The van der Waals surface area contributed by atoms with Crippen LogP contribution in [0.4, 0.5) is 0 Å². The molecule has 0 radical (unpaired) electrons. The van der Waals surface area contributed by atoms with Crippen molar-refractivity contribution in [3.8, 4) is 0 Å². The standard InChI is InChI=1S/C15H16N4OS/c20-15(13-9-21-10-17-13)19-7-12-6-18(14(12)8-19)5-11-2-1-3-16-4-11/h1-4,9-10,12,14H,5-8H2/t12-,14+/m0/s1. The van der Waals surface area contributed by atoms with Crippen molar-refractivity contribution < 1.29 is 4.79 Å². The molecule has 4 rings (SSSR count). The van der Waals surface area contributed by atoms with Gasteiger partial charge in [-0.3, -0.25) is 14.7 Å². The topological polar surface area (TPSA) is 49.3 Å². The molecule has 0 spiro atoms. The van der Waals surface area contributed by atoms with Crippen LogP contribution in [0.5, 0.6) is 0 Å². The van der Waals surface area contributed by atoms with E-state index in [1.54, 1.807) is 11.7 Å². The Balaban J connectivity index is 1.40. The van der Waals surface area contributed by atoms with E-state index in [1.807, 2.05) is 22.5 Å². The molecule has 21 heavy (non-hydrogen) atoms. The van der Waals surface area contributed by atoms with Gasteiger partial charge in [-0.05, 0) is 11.6 Å². The Morgan fingerprint density at radius 1 is 1.38 bits per heavy atom. The van der Waals surface area contributed by atoms with Gasteiger partial charge in [0.15, 0.2) is 0 Å². The van der Waals surface area contributed by atoms with Gasteiger partial charge in [-0.2, -0.15) is 0 Å². The third-order valence-corrected chi connectivity index (χ3v) is 4.98. The number of carbonyl (C=O) groups is 1. The van der Waals surface area contributed by atoms with Crippen molar-refractivity contribution in [1.29, 1.82) is 0 Å². The van der Waals surface area contributed by atoms with Crippen LogP contribution in [0, 0.1) is 5.92 Å². The normalized spacial score (nSPS) is 24.7. The molecule has 2 aromatic heterocycles. The van der Waals surface area contributed by atoms with Gasteiger partial charge in [0, 0.05) is 55.9 Å². The molecule has 0 N–H and O–H groups in total. The molecule has 0 bridgehead atoms. The maximum atomic E-state index is 12.3. The maximum absolute atomic E-state index is 12.3. The van der Waals surface area contributed by atoms with Gasteiger partial charge >= 0.3 is 0 Å². The second-order valence-electron chi connectivity index (χ2n) is 5.70. The molecule has 2 atom stereocenters. The molecule has 0 unspecified atom stereocenters. The molecule has 2 aliphatic rings. The van der Waals surface area contributed by atoms with Crippen LogP contribution < -0.4 is 0 Å². The molecule has 0 aromatic carbocycles. The lowest BCUT2D eigenvalue weighted by Crippen LogP contribution is -2.54. The van der Waals surface area contributed by atoms with E-state index in [1.165, 1.54) is 16.9 Å². The molecule has 2 saturated heterocycles. The van der Waals surface area contributed by atoms with Crippen molar-refractivity contribution in [2.75, 3.05) is 19.6 Å². The number of hydrogen-bond acceptors (Lipinski definition) is 5. The monoisotopic (exact) mass is 300 g/mol. The number of carbonyl (C=O) groups excluding carboxylic acids is 1. The predicted octanol–water partition coefficient (Wildman–Crippen LogP) is 1.49. The van der Waals surface area contributed by atoms with Crippen LogP contribution in [-0.2, 0) is 6.54 Å². The van der Waals surface area contributed by atoms with Crippen LogP contribution in [0.25, 0.3) is 0 Å². The first-order chi connectivity index (χ1) is 10.3. The zero-order chi connectivity index (χ0) is 14.2. The number of aromatic nitrogens is 2. The largest absolute Gasteiger partial charge is 0.335 e. The van der Waals surface area contributed by atoms with Crippen molar-refractivity contribution in [1.82, 2.24) is 19.8 Å². The van der Waals surface area contributed by atoms with E-state index in [9.17, 15) is 4.79 Å². The fourth-order valence-corrected chi connectivity index (χ4v) is 3.83. The minimum absolute atomic E-state index is 0.0759. The number of hydrogen-bond donors (Lipinski definition) is 0.